The predicted molar refractivity (Wildman–Crippen MR) is 60.6 cm³/mol. The van der Waals surface area contributed by atoms with Gasteiger partial charge in [0.1, 0.15) is 5.82 Å². The molecule has 0 heterocycles. The van der Waals surface area contributed by atoms with Gasteiger partial charge in [-0.2, -0.15) is 13.2 Å². The second-order valence-corrected chi connectivity index (χ2v) is 3.78. The van der Waals surface area contributed by atoms with Gasteiger partial charge in [0.05, 0.1) is 5.02 Å². The van der Waals surface area contributed by atoms with Crippen molar-refractivity contribution in [3.63, 3.8) is 0 Å². The molecule has 0 saturated carbocycles. The summed E-state index contributed by atoms with van der Waals surface area (Å²) in [5.41, 5.74) is 2.00. The van der Waals surface area contributed by atoms with Gasteiger partial charge in [-0.1, -0.05) is 17.7 Å². The third-order valence-corrected chi connectivity index (χ3v) is 2.07. The first-order valence-corrected chi connectivity index (χ1v) is 5.27. The molecule has 1 aromatic carbocycles. The van der Waals surface area contributed by atoms with Crippen LogP contribution in [0.4, 0.5) is 17.6 Å². The monoisotopic (exact) mass is 297 g/mol. The second kappa shape index (κ2) is 6.53. The lowest BCUT2D eigenvalue weighted by Crippen LogP contribution is -2.28. The molecule has 19 heavy (non-hydrogen) atoms. The highest BCUT2D eigenvalue weighted by atomic mass is 35.5. The molecule has 1 amide bonds. The van der Waals surface area contributed by atoms with Crippen molar-refractivity contribution in [2.75, 3.05) is 6.61 Å². The lowest BCUT2D eigenvalue weighted by Gasteiger charge is -2.06. The van der Waals surface area contributed by atoms with Gasteiger partial charge in [-0.15, -0.1) is 0 Å². The fourth-order valence-corrected chi connectivity index (χ4v) is 1.20. The van der Waals surface area contributed by atoms with Crippen molar-refractivity contribution in [3.8, 4) is 0 Å². The van der Waals surface area contributed by atoms with Crippen LogP contribution in [0.5, 0.6) is 0 Å². The fourth-order valence-electron chi connectivity index (χ4n) is 1.01. The van der Waals surface area contributed by atoms with Crippen LogP contribution in [0.3, 0.4) is 0 Å². The normalized spacial score (nSPS) is 11.8. The minimum atomic E-state index is -4.53. The van der Waals surface area contributed by atoms with E-state index in [9.17, 15) is 22.4 Å². The molecule has 8 heteroatoms. The van der Waals surface area contributed by atoms with Gasteiger partial charge in [0.15, 0.2) is 6.61 Å². The number of alkyl halides is 3. The van der Waals surface area contributed by atoms with Crippen LogP contribution in [0.15, 0.2) is 24.3 Å². The van der Waals surface area contributed by atoms with E-state index in [4.69, 9.17) is 11.6 Å². The third-order valence-electron chi connectivity index (χ3n) is 1.78. The molecular formula is C11H8ClF4NO2. The highest BCUT2D eigenvalue weighted by Crippen LogP contribution is 2.17. The summed E-state index contributed by atoms with van der Waals surface area (Å²) >= 11 is 5.50. The Morgan fingerprint density at radius 1 is 1.42 bits per heavy atom. The Morgan fingerprint density at radius 3 is 2.68 bits per heavy atom. The average Bonchev–Trinajstić information content (AvgIpc) is 2.29. The van der Waals surface area contributed by atoms with Crippen molar-refractivity contribution in [2.45, 2.75) is 6.18 Å². The maximum absolute atomic E-state index is 12.8. The minimum Gasteiger partial charge on any atom is -0.268 e. The Morgan fingerprint density at radius 2 is 2.11 bits per heavy atom. The van der Waals surface area contributed by atoms with Gasteiger partial charge in [0.2, 0.25) is 0 Å². The Kier molecular flexibility index (Phi) is 5.31. The summed E-state index contributed by atoms with van der Waals surface area (Å²) in [7, 11) is 0. The van der Waals surface area contributed by atoms with Gasteiger partial charge < -0.3 is 0 Å². The lowest BCUT2D eigenvalue weighted by atomic mass is 10.2. The molecule has 104 valence electrons. The Balaban J connectivity index is 2.47. The van der Waals surface area contributed by atoms with Crippen LogP contribution in [0, 0.1) is 5.82 Å². The van der Waals surface area contributed by atoms with E-state index >= 15 is 0 Å². The molecular weight excluding hydrogens is 290 g/mol. The minimum absolute atomic E-state index is 0.129. The van der Waals surface area contributed by atoms with E-state index in [1.807, 2.05) is 0 Å². The molecule has 0 radical (unpaired) electrons. The molecule has 0 fully saturated rings. The zero-order valence-corrected chi connectivity index (χ0v) is 10.1. The number of amides is 1. The van der Waals surface area contributed by atoms with Crippen molar-refractivity contribution in [1.29, 1.82) is 0 Å². The zero-order valence-electron chi connectivity index (χ0n) is 9.30. The Hall–Kier alpha value is -1.60. The van der Waals surface area contributed by atoms with Gasteiger partial charge in [-0.3, -0.25) is 9.63 Å². The first-order chi connectivity index (χ1) is 8.78. The number of hydroxylamine groups is 1. The molecule has 1 N–H and O–H groups in total. The first-order valence-electron chi connectivity index (χ1n) is 4.89. The number of rotatable bonds is 4. The van der Waals surface area contributed by atoms with E-state index in [1.165, 1.54) is 18.2 Å². The van der Waals surface area contributed by atoms with Crippen molar-refractivity contribution in [3.05, 3.63) is 40.7 Å². The molecule has 0 saturated heterocycles. The summed E-state index contributed by atoms with van der Waals surface area (Å²) in [4.78, 5) is 15.0. The third kappa shape index (κ3) is 6.21. The van der Waals surface area contributed by atoms with Crippen molar-refractivity contribution < 1.29 is 27.2 Å². The standard InChI is InChI=1S/C11H8ClF4NO2/c12-8-5-7(1-3-9(8)13)2-4-10(18)17-19-6-11(14,15)16/h1-5H,6H2,(H,17,18)/b4-2+. The van der Waals surface area contributed by atoms with Crippen LogP contribution >= 0.6 is 11.6 Å². The number of carbonyl (C=O) groups is 1. The summed E-state index contributed by atoms with van der Waals surface area (Å²) in [6, 6.07) is 3.71. The van der Waals surface area contributed by atoms with E-state index in [1.54, 1.807) is 5.48 Å². The Labute approximate surface area is 110 Å². The number of hydrogen-bond acceptors (Lipinski definition) is 2. The molecule has 3 nitrogen and oxygen atoms in total. The SMILES string of the molecule is O=C(/C=C/c1ccc(F)c(Cl)c1)NOCC(F)(F)F. The van der Waals surface area contributed by atoms with Gasteiger partial charge in [-0.25, -0.2) is 9.87 Å². The molecule has 0 bridgehead atoms. The summed E-state index contributed by atoms with van der Waals surface area (Å²) < 4.78 is 47.9. The molecule has 0 aliphatic rings. The molecule has 1 rings (SSSR count). The molecule has 0 spiro atoms. The molecule has 0 atom stereocenters. The highest BCUT2D eigenvalue weighted by molar-refractivity contribution is 6.30. The first kappa shape index (κ1) is 15.5. The van der Waals surface area contributed by atoms with Crippen LogP contribution in [0.25, 0.3) is 6.08 Å². The Bertz CT molecular complexity index is 488. The molecule has 0 aliphatic carbocycles. The molecule has 0 unspecified atom stereocenters. The number of benzene rings is 1. The fraction of sp³-hybridized carbons (Fsp3) is 0.182. The number of halogens is 5. The van der Waals surface area contributed by atoms with Gasteiger partial charge in [0.25, 0.3) is 5.91 Å². The lowest BCUT2D eigenvalue weighted by molar-refractivity contribution is -0.190. The summed E-state index contributed by atoms with van der Waals surface area (Å²) in [6.07, 6.45) is -2.35. The van der Waals surface area contributed by atoms with Crippen LogP contribution in [-0.2, 0) is 9.63 Å². The van der Waals surface area contributed by atoms with Crippen LogP contribution < -0.4 is 5.48 Å². The van der Waals surface area contributed by atoms with E-state index in [0.29, 0.717) is 5.56 Å². The summed E-state index contributed by atoms with van der Waals surface area (Å²) in [6.45, 7) is -1.59. The van der Waals surface area contributed by atoms with Gasteiger partial charge >= 0.3 is 6.18 Å². The number of carbonyl (C=O) groups excluding carboxylic acids is 1. The van der Waals surface area contributed by atoms with E-state index in [-0.39, 0.29) is 5.02 Å². The molecule has 0 aromatic heterocycles. The summed E-state index contributed by atoms with van der Waals surface area (Å²) in [5, 5.41) is -0.129. The maximum atomic E-state index is 12.8. The van der Waals surface area contributed by atoms with Crippen LogP contribution in [0.2, 0.25) is 5.02 Å². The molecule has 0 aliphatic heterocycles. The smallest absolute Gasteiger partial charge is 0.268 e. The van der Waals surface area contributed by atoms with Gasteiger partial charge in [-0.05, 0) is 23.8 Å². The molecule has 1 aromatic rings. The number of nitrogens with one attached hydrogen (secondary N) is 1. The van der Waals surface area contributed by atoms with Crippen molar-refractivity contribution in [1.82, 2.24) is 5.48 Å². The van der Waals surface area contributed by atoms with E-state index < -0.39 is 24.5 Å². The quantitative estimate of drug-likeness (QED) is 0.527. The highest BCUT2D eigenvalue weighted by Gasteiger charge is 2.28. The van der Waals surface area contributed by atoms with E-state index in [2.05, 4.69) is 4.84 Å². The average molecular weight is 298 g/mol. The van der Waals surface area contributed by atoms with Crippen molar-refractivity contribution >= 4 is 23.6 Å². The second-order valence-electron chi connectivity index (χ2n) is 3.38. The zero-order chi connectivity index (χ0) is 14.5. The largest absolute Gasteiger partial charge is 0.414 e. The van der Waals surface area contributed by atoms with Gasteiger partial charge in [0, 0.05) is 6.08 Å². The maximum Gasteiger partial charge on any atom is 0.414 e. The summed E-state index contributed by atoms with van der Waals surface area (Å²) in [5.74, 6) is -1.50. The predicted octanol–water partition coefficient (Wildman–Crippen LogP) is 3.10. The topological polar surface area (TPSA) is 38.3 Å². The number of hydrogen-bond donors (Lipinski definition) is 1. The van der Waals surface area contributed by atoms with Crippen LogP contribution in [-0.4, -0.2) is 18.7 Å². The van der Waals surface area contributed by atoms with Crippen molar-refractivity contribution in [2.24, 2.45) is 0 Å². The van der Waals surface area contributed by atoms with E-state index in [0.717, 1.165) is 12.1 Å². The van der Waals surface area contributed by atoms with Crippen LogP contribution in [0.1, 0.15) is 5.56 Å².